The first kappa shape index (κ1) is 15.2. The monoisotopic (exact) mass is 309 g/mol. The Morgan fingerprint density at radius 1 is 1.04 bits per heavy atom. The molecule has 0 amide bonds. The summed E-state index contributed by atoms with van der Waals surface area (Å²) in [5.74, 6) is 0.707. The Labute approximate surface area is 135 Å². The minimum absolute atomic E-state index is 0.169. The number of ether oxygens (including phenoxy) is 1. The Morgan fingerprint density at radius 3 is 2.39 bits per heavy atom. The molecule has 0 aliphatic carbocycles. The average molecular weight is 309 g/mol. The third kappa shape index (κ3) is 2.83. The Balaban J connectivity index is 2.24. The van der Waals surface area contributed by atoms with Gasteiger partial charge >= 0.3 is 0 Å². The predicted molar refractivity (Wildman–Crippen MR) is 88.7 cm³/mol. The summed E-state index contributed by atoms with van der Waals surface area (Å²) < 4.78 is 7.18. The normalized spacial score (nSPS) is 10.8. The number of aryl methyl sites for hydroxylation is 2. The lowest BCUT2D eigenvalue weighted by atomic mass is 10.1. The number of aliphatic hydroxyl groups excluding tert-OH is 1. The SMILES string of the molecule is COc1ccc(C)cc1-n1nnc(CO)c1-c1ccc(C)cc1. The minimum atomic E-state index is -0.169. The molecule has 0 fully saturated rings. The molecular formula is C18H19N3O2. The fraction of sp³-hybridized carbons (Fsp3) is 0.222. The first-order valence-corrected chi connectivity index (χ1v) is 7.41. The molecule has 0 spiro atoms. The van der Waals surface area contributed by atoms with Crippen molar-refractivity contribution in [3.05, 3.63) is 59.3 Å². The van der Waals surface area contributed by atoms with Crippen LogP contribution in [0.2, 0.25) is 0 Å². The summed E-state index contributed by atoms with van der Waals surface area (Å²) in [6.45, 7) is 3.88. The lowest BCUT2D eigenvalue weighted by Crippen LogP contribution is -2.03. The molecule has 3 aromatic rings. The van der Waals surface area contributed by atoms with Crippen molar-refractivity contribution in [3.63, 3.8) is 0 Å². The molecule has 0 saturated carbocycles. The molecule has 1 aromatic heterocycles. The third-order valence-electron chi connectivity index (χ3n) is 3.78. The van der Waals surface area contributed by atoms with E-state index < -0.39 is 0 Å². The number of aromatic nitrogens is 3. The van der Waals surface area contributed by atoms with Gasteiger partial charge in [0.1, 0.15) is 22.8 Å². The summed E-state index contributed by atoms with van der Waals surface area (Å²) in [5, 5.41) is 18.0. The second-order valence-electron chi connectivity index (χ2n) is 5.50. The fourth-order valence-corrected chi connectivity index (χ4v) is 2.55. The molecule has 3 rings (SSSR count). The first-order chi connectivity index (χ1) is 11.1. The van der Waals surface area contributed by atoms with E-state index >= 15 is 0 Å². The number of hydrogen-bond donors (Lipinski definition) is 1. The highest BCUT2D eigenvalue weighted by atomic mass is 16.5. The average Bonchev–Trinajstić information content (AvgIpc) is 2.99. The maximum atomic E-state index is 9.63. The van der Waals surface area contributed by atoms with Crippen molar-refractivity contribution in [2.45, 2.75) is 20.5 Å². The maximum Gasteiger partial charge on any atom is 0.144 e. The minimum Gasteiger partial charge on any atom is -0.494 e. The lowest BCUT2D eigenvalue weighted by Gasteiger charge is -2.12. The number of nitrogens with zero attached hydrogens (tertiary/aromatic N) is 3. The van der Waals surface area contributed by atoms with Gasteiger partial charge in [0, 0.05) is 5.56 Å². The van der Waals surface area contributed by atoms with Gasteiger partial charge < -0.3 is 9.84 Å². The van der Waals surface area contributed by atoms with Crippen LogP contribution in [0.15, 0.2) is 42.5 Å². The summed E-state index contributed by atoms with van der Waals surface area (Å²) in [4.78, 5) is 0. The lowest BCUT2D eigenvalue weighted by molar-refractivity contribution is 0.277. The van der Waals surface area contributed by atoms with Gasteiger partial charge in [-0.05, 0) is 31.5 Å². The summed E-state index contributed by atoms with van der Waals surface area (Å²) in [6, 6.07) is 14.0. The van der Waals surface area contributed by atoms with Gasteiger partial charge in [-0.25, -0.2) is 4.68 Å². The molecule has 5 heteroatoms. The number of aliphatic hydroxyl groups is 1. The van der Waals surface area contributed by atoms with Gasteiger partial charge in [-0.2, -0.15) is 0 Å². The standard InChI is InChI=1S/C18H19N3O2/c1-12-4-7-14(8-5-12)18-15(11-22)19-20-21(18)16-10-13(2)6-9-17(16)23-3/h4-10,22H,11H2,1-3H3. The Kier molecular flexibility index (Phi) is 4.12. The summed E-state index contributed by atoms with van der Waals surface area (Å²) in [5.41, 5.74) is 5.33. The smallest absolute Gasteiger partial charge is 0.144 e. The highest BCUT2D eigenvalue weighted by Crippen LogP contribution is 2.30. The largest absolute Gasteiger partial charge is 0.494 e. The Bertz CT molecular complexity index is 823. The van der Waals surface area contributed by atoms with Crippen LogP contribution in [0.1, 0.15) is 16.8 Å². The molecule has 118 valence electrons. The summed E-state index contributed by atoms with van der Waals surface area (Å²) >= 11 is 0. The van der Waals surface area contributed by atoms with Crippen molar-refractivity contribution >= 4 is 0 Å². The van der Waals surface area contributed by atoms with Crippen LogP contribution in [0, 0.1) is 13.8 Å². The van der Waals surface area contributed by atoms with Crippen LogP contribution in [0.25, 0.3) is 16.9 Å². The van der Waals surface area contributed by atoms with Crippen LogP contribution in [0.3, 0.4) is 0 Å². The second-order valence-corrected chi connectivity index (χ2v) is 5.50. The van der Waals surface area contributed by atoms with E-state index in [-0.39, 0.29) is 6.61 Å². The van der Waals surface area contributed by atoms with Crippen LogP contribution < -0.4 is 4.74 Å². The quantitative estimate of drug-likeness (QED) is 0.804. The molecule has 0 unspecified atom stereocenters. The highest BCUT2D eigenvalue weighted by Gasteiger charge is 2.18. The van der Waals surface area contributed by atoms with Gasteiger partial charge in [-0.3, -0.25) is 0 Å². The molecule has 0 atom stereocenters. The zero-order valence-electron chi connectivity index (χ0n) is 13.4. The van der Waals surface area contributed by atoms with Crippen LogP contribution in [-0.2, 0) is 6.61 Å². The van der Waals surface area contributed by atoms with E-state index in [1.54, 1.807) is 11.8 Å². The number of benzene rings is 2. The topological polar surface area (TPSA) is 60.2 Å². The molecule has 1 N–H and O–H groups in total. The van der Waals surface area contributed by atoms with Gasteiger partial charge in [-0.1, -0.05) is 41.1 Å². The summed E-state index contributed by atoms with van der Waals surface area (Å²) in [6.07, 6.45) is 0. The van der Waals surface area contributed by atoms with Crippen molar-refractivity contribution in [1.29, 1.82) is 0 Å². The van der Waals surface area contributed by atoms with Gasteiger partial charge in [0.15, 0.2) is 0 Å². The van der Waals surface area contributed by atoms with E-state index in [0.29, 0.717) is 11.4 Å². The van der Waals surface area contributed by atoms with Crippen LogP contribution in [-0.4, -0.2) is 27.2 Å². The molecule has 1 heterocycles. The molecule has 0 aliphatic heterocycles. The van der Waals surface area contributed by atoms with Crippen molar-refractivity contribution in [2.75, 3.05) is 7.11 Å². The molecule has 0 aliphatic rings. The molecule has 2 aromatic carbocycles. The molecule has 5 nitrogen and oxygen atoms in total. The van der Waals surface area contributed by atoms with Gasteiger partial charge in [0.05, 0.1) is 13.7 Å². The number of methoxy groups -OCH3 is 1. The van der Waals surface area contributed by atoms with Gasteiger partial charge in [-0.15, -0.1) is 5.10 Å². The Hall–Kier alpha value is -2.66. The van der Waals surface area contributed by atoms with Crippen LogP contribution >= 0.6 is 0 Å². The van der Waals surface area contributed by atoms with Crippen molar-refractivity contribution in [1.82, 2.24) is 15.0 Å². The van der Waals surface area contributed by atoms with Crippen LogP contribution in [0.5, 0.6) is 5.75 Å². The number of hydrogen-bond acceptors (Lipinski definition) is 4. The summed E-state index contributed by atoms with van der Waals surface area (Å²) in [7, 11) is 1.63. The zero-order valence-corrected chi connectivity index (χ0v) is 13.4. The second kappa shape index (κ2) is 6.22. The van der Waals surface area contributed by atoms with Gasteiger partial charge in [0.2, 0.25) is 0 Å². The Morgan fingerprint density at radius 2 is 1.74 bits per heavy atom. The molecule has 0 saturated heterocycles. The fourth-order valence-electron chi connectivity index (χ4n) is 2.55. The van der Waals surface area contributed by atoms with Crippen LogP contribution in [0.4, 0.5) is 0 Å². The van der Waals surface area contributed by atoms with E-state index in [2.05, 4.69) is 10.3 Å². The molecule has 0 bridgehead atoms. The first-order valence-electron chi connectivity index (χ1n) is 7.41. The van der Waals surface area contributed by atoms with Crippen molar-refractivity contribution in [3.8, 4) is 22.7 Å². The molecule has 23 heavy (non-hydrogen) atoms. The molecular weight excluding hydrogens is 290 g/mol. The molecule has 0 radical (unpaired) electrons. The van der Waals surface area contributed by atoms with Crippen molar-refractivity contribution in [2.24, 2.45) is 0 Å². The highest BCUT2D eigenvalue weighted by molar-refractivity contribution is 5.66. The van der Waals surface area contributed by atoms with Gasteiger partial charge in [0.25, 0.3) is 0 Å². The van der Waals surface area contributed by atoms with E-state index in [0.717, 1.165) is 22.5 Å². The number of rotatable bonds is 4. The predicted octanol–water partition coefficient (Wildman–Crippen LogP) is 3.05. The van der Waals surface area contributed by atoms with E-state index in [1.807, 2.05) is 56.3 Å². The van der Waals surface area contributed by atoms with Crippen molar-refractivity contribution < 1.29 is 9.84 Å². The van der Waals surface area contributed by atoms with E-state index in [1.165, 1.54) is 5.56 Å². The maximum absolute atomic E-state index is 9.63. The van der Waals surface area contributed by atoms with E-state index in [9.17, 15) is 5.11 Å². The van der Waals surface area contributed by atoms with E-state index in [4.69, 9.17) is 4.74 Å². The third-order valence-corrected chi connectivity index (χ3v) is 3.78. The zero-order chi connectivity index (χ0) is 16.4.